The lowest BCUT2D eigenvalue weighted by atomic mass is 10.1. The van der Waals surface area contributed by atoms with Gasteiger partial charge in [-0.2, -0.15) is 0 Å². The van der Waals surface area contributed by atoms with E-state index in [1.807, 2.05) is 10.4 Å². The summed E-state index contributed by atoms with van der Waals surface area (Å²) in [4.78, 5) is 0. The van der Waals surface area contributed by atoms with Crippen LogP contribution in [0.25, 0.3) is 11.1 Å². The Hall–Kier alpha value is -0.166. The number of halogens is 2. The molecule has 2 aromatic rings. The highest BCUT2D eigenvalue weighted by molar-refractivity contribution is 9.10. The first-order valence-electron chi connectivity index (χ1n) is 13.1. The Labute approximate surface area is 216 Å². The zero-order valence-corrected chi connectivity index (χ0v) is 25.9. The van der Waals surface area contributed by atoms with E-state index < -0.39 is 15.2 Å². The Morgan fingerprint density at radius 2 is 0.844 bits per heavy atom. The smallest absolute Gasteiger partial charge is 0.0654 e. The van der Waals surface area contributed by atoms with E-state index in [2.05, 4.69) is 96.0 Å². The third-order valence-corrected chi connectivity index (χ3v) is 28.7. The molecule has 2 aromatic carbocycles. The zero-order valence-electron chi connectivity index (χ0n) is 20.7. The van der Waals surface area contributed by atoms with Crippen LogP contribution in [0, 0.1) is 0 Å². The van der Waals surface area contributed by atoms with E-state index in [1.165, 1.54) is 84.5 Å². The van der Waals surface area contributed by atoms with Crippen molar-refractivity contribution in [2.45, 2.75) is 103 Å². The molecule has 0 radical (unpaired) electrons. The molecule has 1 aliphatic rings. The van der Waals surface area contributed by atoms with Crippen molar-refractivity contribution in [3.05, 3.63) is 45.3 Å². The van der Waals surface area contributed by atoms with Crippen molar-refractivity contribution < 1.29 is 0 Å². The predicted molar refractivity (Wildman–Crippen MR) is 157 cm³/mol. The molecule has 0 N–H and O–H groups in total. The molecule has 0 bridgehead atoms. The van der Waals surface area contributed by atoms with E-state index in [1.54, 1.807) is 11.1 Å². The Morgan fingerprint density at radius 3 is 1.12 bits per heavy atom. The maximum Gasteiger partial charge on any atom is 0.0865 e. The summed E-state index contributed by atoms with van der Waals surface area (Å²) in [7, 11) is -3.43. The van der Waals surface area contributed by atoms with Crippen molar-refractivity contribution in [2.24, 2.45) is 0 Å². The minimum Gasteiger partial charge on any atom is -0.0654 e. The van der Waals surface area contributed by atoms with Gasteiger partial charge in [0.25, 0.3) is 0 Å². The van der Waals surface area contributed by atoms with Crippen molar-refractivity contribution in [3.8, 4) is 11.1 Å². The summed E-state index contributed by atoms with van der Waals surface area (Å²) in [6, 6.07) is 20.7. The quantitative estimate of drug-likeness (QED) is 0.215. The van der Waals surface area contributed by atoms with Gasteiger partial charge in [0, 0.05) is 8.95 Å². The molecule has 0 nitrogen and oxygen atoms in total. The summed E-state index contributed by atoms with van der Waals surface area (Å²) in [6.45, 7) is 9.60. The molecule has 0 unspecified atom stereocenters. The Balaban J connectivity index is 2.42. The first kappa shape index (κ1) is 26.4. The van der Waals surface area contributed by atoms with E-state index in [9.17, 15) is 0 Å². The van der Waals surface area contributed by atoms with E-state index in [-0.39, 0.29) is 0 Å². The fourth-order valence-electron chi connectivity index (χ4n) is 6.47. The molecule has 0 saturated carbocycles. The molecule has 0 saturated heterocycles. The number of hydrogen-bond acceptors (Lipinski definition) is 0. The normalized spacial score (nSPS) is 15.9. The molecule has 4 heteroatoms. The summed E-state index contributed by atoms with van der Waals surface area (Å²) >= 11 is 7.81. The molecule has 32 heavy (non-hydrogen) atoms. The summed E-state index contributed by atoms with van der Waals surface area (Å²) in [5, 5.41) is 3.64. The van der Waals surface area contributed by atoms with Gasteiger partial charge in [-0.25, -0.2) is 0 Å². The maximum atomic E-state index is 3.90. The van der Waals surface area contributed by atoms with E-state index in [4.69, 9.17) is 0 Å². The van der Waals surface area contributed by atoms with Gasteiger partial charge in [0.2, 0.25) is 0 Å². The van der Waals surface area contributed by atoms with Gasteiger partial charge in [0.15, 0.2) is 0 Å². The van der Waals surface area contributed by atoms with Crippen LogP contribution in [0.2, 0.25) is 24.2 Å². The highest BCUT2D eigenvalue weighted by Gasteiger charge is 2.58. The molecule has 0 fully saturated rings. The average molecular weight is 595 g/mol. The van der Waals surface area contributed by atoms with Gasteiger partial charge in [-0.05, 0) is 35.4 Å². The molecule has 0 amide bonds. The highest BCUT2D eigenvalue weighted by atomic mass is 79.9. The topological polar surface area (TPSA) is 0 Å². The van der Waals surface area contributed by atoms with Crippen LogP contribution >= 0.6 is 31.9 Å². The number of rotatable bonds is 12. The number of fused-ring (bicyclic) bond motifs is 3. The zero-order chi connectivity index (χ0) is 23.2. The second kappa shape index (κ2) is 12.0. The first-order valence-corrected chi connectivity index (χ1v) is 20.5. The van der Waals surface area contributed by atoms with Crippen LogP contribution in [0.15, 0.2) is 45.3 Å². The standard InChI is InChI=1S/C28H42Br2Si2/c1-5-9-17-31(18-10-6-2)27-21-23(29)13-15-25(27)26-16-14-24(30)22-28(26)32(31,19-11-7-3)20-12-8-4/h13-16,21-22H,5-12,17-20H2,1-4H3. The molecular weight excluding hydrogens is 552 g/mol. The molecule has 3 rings (SSSR count). The molecule has 0 spiro atoms. The maximum absolute atomic E-state index is 3.90. The van der Waals surface area contributed by atoms with Gasteiger partial charge in [-0.1, -0.05) is 158 Å². The van der Waals surface area contributed by atoms with Crippen molar-refractivity contribution in [1.82, 2.24) is 0 Å². The average Bonchev–Trinajstić information content (AvgIpc) is 2.80. The fraction of sp³-hybridized carbons (Fsp3) is 0.571. The van der Waals surface area contributed by atoms with Gasteiger partial charge in [0.05, 0.1) is 15.2 Å². The van der Waals surface area contributed by atoms with Crippen molar-refractivity contribution in [2.75, 3.05) is 0 Å². The minimum absolute atomic E-state index is 1.29. The van der Waals surface area contributed by atoms with E-state index in [0.29, 0.717) is 0 Å². The lowest BCUT2D eigenvalue weighted by molar-refractivity contribution is 0.821. The van der Waals surface area contributed by atoms with Crippen LogP contribution in [0.4, 0.5) is 0 Å². The van der Waals surface area contributed by atoms with Crippen LogP contribution in [-0.4, -0.2) is 15.2 Å². The van der Waals surface area contributed by atoms with Crippen LogP contribution < -0.4 is 10.4 Å². The van der Waals surface area contributed by atoms with Gasteiger partial charge in [-0.3, -0.25) is 0 Å². The van der Waals surface area contributed by atoms with Crippen LogP contribution in [0.3, 0.4) is 0 Å². The SMILES string of the molecule is CCCC[Si]1(CCCC)c2cc(Br)ccc2-c2ccc(Br)cc2[Si]1(CCCC)CCCC. The second-order valence-electron chi connectivity index (χ2n) is 9.96. The Morgan fingerprint density at radius 1 is 0.531 bits per heavy atom. The van der Waals surface area contributed by atoms with Gasteiger partial charge in [-0.15, -0.1) is 0 Å². The largest absolute Gasteiger partial charge is 0.0865 e. The fourth-order valence-corrected chi connectivity index (χ4v) is 30.5. The summed E-state index contributed by atoms with van der Waals surface area (Å²) in [5.74, 6) is 0. The van der Waals surface area contributed by atoms with Crippen LogP contribution in [0.1, 0.15) is 79.1 Å². The van der Waals surface area contributed by atoms with E-state index in [0.717, 1.165) is 0 Å². The summed E-state index contributed by atoms with van der Waals surface area (Å²) < 4.78 is 2.58. The number of hydrogen-bond donors (Lipinski definition) is 0. The van der Waals surface area contributed by atoms with Crippen LogP contribution in [0.5, 0.6) is 0 Å². The predicted octanol–water partition coefficient (Wildman–Crippen LogP) is 9.48. The minimum atomic E-state index is -1.72. The van der Waals surface area contributed by atoms with Crippen LogP contribution in [-0.2, 0) is 0 Å². The molecule has 0 aromatic heterocycles. The molecule has 0 aliphatic carbocycles. The molecule has 176 valence electrons. The summed E-state index contributed by atoms with van der Waals surface area (Å²) in [5.41, 5.74) is 3.15. The molecule has 1 aliphatic heterocycles. The lowest BCUT2D eigenvalue weighted by Gasteiger charge is -2.54. The molecular formula is C28H42Br2Si2. The number of unbranched alkanes of at least 4 members (excludes halogenated alkanes) is 4. The summed E-state index contributed by atoms with van der Waals surface area (Å²) in [6.07, 6.45) is 10.9. The van der Waals surface area contributed by atoms with Gasteiger partial charge >= 0.3 is 0 Å². The third kappa shape index (κ3) is 4.94. The lowest BCUT2D eigenvalue weighted by Crippen LogP contribution is -2.77. The first-order chi connectivity index (χ1) is 15.5. The van der Waals surface area contributed by atoms with Crippen molar-refractivity contribution >= 4 is 57.4 Å². The van der Waals surface area contributed by atoms with Gasteiger partial charge in [0.1, 0.15) is 0 Å². The van der Waals surface area contributed by atoms with Gasteiger partial charge < -0.3 is 0 Å². The van der Waals surface area contributed by atoms with E-state index >= 15 is 0 Å². The van der Waals surface area contributed by atoms with Crippen molar-refractivity contribution in [3.63, 3.8) is 0 Å². The second-order valence-corrected chi connectivity index (χ2v) is 24.9. The molecule has 0 atom stereocenters. The highest BCUT2D eigenvalue weighted by Crippen LogP contribution is 2.45. The Kier molecular flexibility index (Phi) is 9.91. The molecule has 1 heterocycles. The third-order valence-electron chi connectivity index (χ3n) is 8.03. The monoisotopic (exact) mass is 592 g/mol. The number of benzene rings is 2. The van der Waals surface area contributed by atoms with Crippen molar-refractivity contribution in [1.29, 1.82) is 0 Å². The Bertz CT molecular complexity index is 803.